The van der Waals surface area contributed by atoms with Gasteiger partial charge in [0, 0.05) is 57.8 Å². The van der Waals surface area contributed by atoms with Crippen LogP contribution < -0.4 is 5.32 Å². The Labute approximate surface area is 217 Å². The molecule has 192 valence electrons. The molecule has 0 aromatic heterocycles. The number of ether oxygens (including phenoxy) is 1. The highest BCUT2D eigenvalue weighted by molar-refractivity contribution is 6.42. The molecule has 0 unspecified atom stereocenters. The van der Waals surface area contributed by atoms with Crippen LogP contribution in [0.4, 0.5) is 4.79 Å². The molecule has 3 rings (SSSR count). The summed E-state index contributed by atoms with van der Waals surface area (Å²) in [5, 5.41) is 3.82. The van der Waals surface area contributed by atoms with Crippen LogP contribution in [0.25, 0.3) is 6.08 Å². The molecule has 8 nitrogen and oxygen atoms in total. The zero-order valence-corrected chi connectivity index (χ0v) is 21.7. The van der Waals surface area contributed by atoms with E-state index in [-0.39, 0.29) is 23.9 Å². The smallest absolute Gasteiger partial charge is 0.407 e. The lowest BCUT2D eigenvalue weighted by Crippen LogP contribution is -2.45. The molecule has 0 saturated carbocycles. The summed E-state index contributed by atoms with van der Waals surface area (Å²) in [6.07, 6.45) is 5.89. The fourth-order valence-corrected chi connectivity index (χ4v) is 4.64. The summed E-state index contributed by atoms with van der Waals surface area (Å²) in [4.78, 5) is 42.8. The zero-order valence-electron chi connectivity index (χ0n) is 20.2. The van der Waals surface area contributed by atoms with Crippen LogP contribution in [0.2, 0.25) is 10.0 Å². The lowest BCUT2D eigenvalue weighted by atomic mass is 10.1. The summed E-state index contributed by atoms with van der Waals surface area (Å²) in [6, 6.07) is 5.36. The average molecular weight is 525 g/mol. The fourth-order valence-electron chi connectivity index (χ4n) is 4.34. The first-order valence-electron chi connectivity index (χ1n) is 12.2. The highest BCUT2D eigenvalue weighted by Gasteiger charge is 2.24. The first kappa shape index (κ1) is 27.3. The van der Waals surface area contributed by atoms with Crippen LogP contribution in [-0.4, -0.2) is 91.1 Å². The maximum absolute atomic E-state index is 12.6. The first-order valence-corrected chi connectivity index (χ1v) is 13.0. The van der Waals surface area contributed by atoms with E-state index in [9.17, 15) is 14.4 Å². The molecule has 0 aliphatic carbocycles. The number of nitrogens with one attached hydrogen (secondary N) is 1. The van der Waals surface area contributed by atoms with Crippen molar-refractivity contribution in [2.24, 2.45) is 0 Å². The lowest BCUT2D eigenvalue weighted by molar-refractivity contribution is -0.130. The van der Waals surface area contributed by atoms with Crippen molar-refractivity contribution >= 4 is 47.2 Å². The number of benzene rings is 1. The van der Waals surface area contributed by atoms with E-state index >= 15 is 0 Å². The molecule has 3 amide bonds. The van der Waals surface area contributed by atoms with Crippen molar-refractivity contribution in [3.05, 3.63) is 39.9 Å². The van der Waals surface area contributed by atoms with E-state index in [1.807, 2.05) is 4.90 Å². The maximum Gasteiger partial charge on any atom is 0.407 e. The Kier molecular flexibility index (Phi) is 10.7. The number of hydrogen-bond acceptors (Lipinski definition) is 5. The molecule has 2 fully saturated rings. The largest absolute Gasteiger partial charge is 0.450 e. The SMILES string of the molecule is CCOC(=O)NC1CCN(CCCN2CCN(C(=O)/C=C/c3ccc(Cl)c(Cl)c3)CCC2=O)CC1. The van der Waals surface area contributed by atoms with Gasteiger partial charge in [0.15, 0.2) is 0 Å². The highest BCUT2D eigenvalue weighted by Crippen LogP contribution is 2.23. The van der Waals surface area contributed by atoms with Gasteiger partial charge in [-0.1, -0.05) is 29.3 Å². The minimum atomic E-state index is -0.344. The first-order chi connectivity index (χ1) is 16.9. The number of alkyl carbamates (subject to hydrolysis) is 1. The fraction of sp³-hybridized carbons (Fsp3) is 0.560. The molecular formula is C25H34Cl2N4O4. The highest BCUT2D eigenvalue weighted by atomic mass is 35.5. The van der Waals surface area contributed by atoms with E-state index in [1.165, 1.54) is 6.08 Å². The third kappa shape index (κ3) is 8.70. The Morgan fingerprint density at radius 1 is 1.09 bits per heavy atom. The third-order valence-electron chi connectivity index (χ3n) is 6.35. The molecule has 0 bridgehead atoms. The number of nitrogens with zero attached hydrogens (tertiary/aromatic N) is 3. The summed E-state index contributed by atoms with van der Waals surface area (Å²) in [5.74, 6) is -0.0314. The zero-order chi connectivity index (χ0) is 25.2. The van der Waals surface area contributed by atoms with E-state index < -0.39 is 0 Å². The predicted molar refractivity (Wildman–Crippen MR) is 138 cm³/mol. The standard InChI is InChI=1S/C25H34Cl2N4O4/c1-2-35-25(34)28-20-8-13-29(14-9-20)11-3-12-30-16-17-31(15-10-24(30)33)23(32)7-5-19-4-6-21(26)22(27)18-19/h4-7,18,20H,2-3,8-17H2,1H3,(H,28,34)/b7-5+. The number of rotatable bonds is 8. The number of piperidine rings is 1. The monoisotopic (exact) mass is 524 g/mol. The molecule has 1 aromatic carbocycles. The van der Waals surface area contributed by atoms with E-state index in [2.05, 4.69) is 10.2 Å². The van der Waals surface area contributed by atoms with Gasteiger partial charge in [-0.15, -0.1) is 0 Å². The van der Waals surface area contributed by atoms with Crippen LogP contribution in [0.15, 0.2) is 24.3 Å². The van der Waals surface area contributed by atoms with Gasteiger partial charge >= 0.3 is 6.09 Å². The summed E-state index contributed by atoms with van der Waals surface area (Å²) in [6.45, 7) is 7.06. The predicted octanol–water partition coefficient (Wildman–Crippen LogP) is 3.67. The molecule has 35 heavy (non-hydrogen) atoms. The number of amides is 3. The van der Waals surface area contributed by atoms with Crippen LogP contribution in [0, 0.1) is 0 Å². The van der Waals surface area contributed by atoms with Crippen molar-refractivity contribution in [3.63, 3.8) is 0 Å². The van der Waals surface area contributed by atoms with Crippen LogP contribution in [0.1, 0.15) is 38.2 Å². The van der Waals surface area contributed by atoms with E-state index in [4.69, 9.17) is 27.9 Å². The molecule has 1 aromatic rings. The van der Waals surface area contributed by atoms with Gasteiger partial charge in [-0.3, -0.25) is 9.59 Å². The number of hydrogen-bond donors (Lipinski definition) is 1. The van der Waals surface area contributed by atoms with Crippen molar-refractivity contribution in [1.82, 2.24) is 20.0 Å². The number of carbonyl (C=O) groups excluding carboxylic acids is 3. The van der Waals surface area contributed by atoms with Gasteiger partial charge in [-0.2, -0.15) is 0 Å². The van der Waals surface area contributed by atoms with Gasteiger partial charge in [-0.25, -0.2) is 4.79 Å². The topological polar surface area (TPSA) is 82.2 Å². The van der Waals surface area contributed by atoms with Crippen molar-refractivity contribution in [2.45, 2.75) is 38.6 Å². The Morgan fingerprint density at radius 3 is 2.57 bits per heavy atom. The molecule has 0 atom stereocenters. The third-order valence-corrected chi connectivity index (χ3v) is 7.09. The van der Waals surface area contributed by atoms with E-state index in [0.29, 0.717) is 49.3 Å². The molecule has 2 aliphatic rings. The summed E-state index contributed by atoms with van der Waals surface area (Å²) in [5.41, 5.74) is 0.793. The van der Waals surface area contributed by atoms with Crippen molar-refractivity contribution in [3.8, 4) is 0 Å². The minimum absolute atomic E-state index is 0.0890. The Hall–Kier alpha value is -2.29. The second-order valence-corrected chi connectivity index (χ2v) is 9.61. The average Bonchev–Trinajstić information content (AvgIpc) is 3.02. The molecule has 2 heterocycles. The van der Waals surface area contributed by atoms with Gasteiger partial charge in [0.1, 0.15) is 0 Å². The molecule has 2 saturated heterocycles. The maximum atomic E-state index is 12.6. The van der Waals surface area contributed by atoms with Crippen LogP contribution >= 0.6 is 23.2 Å². The van der Waals surface area contributed by atoms with Gasteiger partial charge in [0.05, 0.1) is 16.7 Å². The molecule has 0 radical (unpaired) electrons. The van der Waals surface area contributed by atoms with Gasteiger partial charge in [-0.05, 0) is 56.5 Å². The lowest BCUT2D eigenvalue weighted by Gasteiger charge is -2.32. The summed E-state index contributed by atoms with van der Waals surface area (Å²) >= 11 is 12.0. The minimum Gasteiger partial charge on any atom is -0.450 e. The van der Waals surface area contributed by atoms with Crippen LogP contribution in [-0.2, 0) is 14.3 Å². The van der Waals surface area contributed by atoms with Crippen molar-refractivity contribution < 1.29 is 19.1 Å². The van der Waals surface area contributed by atoms with Crippen LogP contribution in [0.5, 0.6) is 0 Å². The molecule has 2 aliphatic heterocycles. The van der Waals surface area contributed by atoms with Gasteiger partial charge < -0.3 is 24.8 Å². The van der Waals surface area contributed by atoms with E-state index in [1.54, 1.807) is 36.1 Å². The Morgan fingerprint density at radius 2 is 1.86 bits per heavy atom. The van der Waals surface area contributed by atoms with Gasteiger partial charge in [0.2, 0.25) is 11.8 Å². The van der Waals surface area contributed by atoms with Crippen molar-refractivity contribution in [1.29, 1.82) is 0 Å². The summed E-state index contributed by atoms with van der Waals surface area (Å²) < 4.78 is 4.95. The quantitative estimate of drug-likeness (QED) is 0.524. The molecule has 10 heteroatoms. The second kappa shape index (κ2) is 13.7. The van der Waals surface area contributed by atoms with Crippen molar-refractivity contribution in [2.75, 3.05) is 52.4 Å². The number of halogens is 2. The Balaban J connectivity index is 1.38. The second-order valence-electron chi connectivity index (χ2n) is 8.80. The van der Waals surface area contributed by atoms with Crippen LogP contribution in [0.3, 0.4) is 0 Å². The molecule has 1 N–H and O–H groups in total. The normalized spacial score (nSPS) is 18.1. The number of carbonyl (C=O) groups is 3. The Bertz CT molecular complexity index is 919. The van der Waals surface area contributed by atoms with E-state index in [0.717, 1.165) is 44.5 Å². The number of likely N-dealkylation sites (tertiary alicyclic amines) is 1. The molecule has 0 spiro atoms. The summed E-state index contributed by atoms with van der Waals surface area (Å²) in [7, 11) is 0. The van der Waals surface area contributed by atoms with Gasteiger partial charge in [0.25, 0.3) is 0 Å². The molecular weight excluding hydrogens is 491 g/mol.